The molecule has 2 aliphatic heterocycles. The average molecular weight is 225 g/mol. The second-order valence-corrected chi connectivity index (χ2v) is 4.16. The summed E-state index contributed by atoms with van der Waals surface area (Å²) in [6.07, 6.45) is 3.18. The minimum atomic E-state index is -0.681. The van der Waals surface area contributed by atoms with Crippen molar-refractivity contribution in [1.29, 1.82) is 0 Å². The topological polar surface area (TPSA) is 78.5 Å². The zero-order valence-corrected chi connectivity index (χ0v) is 8.99. The lowest BCUT2D eigenvalue weighted by atomic mass is 10.1. The van der Waals surface area contributed by atoms with E-state index in [2.05, 4.69) is 10.6 Å². The monoisotopic (exact) mass is 225 g/mol. The lowest BCUT2D eigenvalue weighted by Crippen LogP contribution is -2.58. The van der Waals surface area contributed by atoms with Crippen LogP contribution >= 0.6 is 0 Å². The van der Waals surface area contributed by atoms with Crippen molar-refractivity contribution < 1.29 is 14.4 Å². The summed E-state index contributed by atoms with van der Waals surface area (Å²) in [7, 11) is 0. The molecule has 0 aliphatic carbocycles. The molecule has 0 aromatic carbocycles. The maximum absolute atomic E-state index is 12.0. The number of hydrogen-bond donors (Lipinski definition) is 2. The zero-order chi connectivity index (χ0) is 11.5. The minimum Gasteiger partial charge on any atom is -0.341 e. The Kier molecular flexibility index (Phi) is 3.07. The van der Waals surface area contributed by atoms with E-state index in [0.29, 0.717) is 0 Å². The van der Waals surface area contributed by atoms with Crippen LogP contribution in [-0.4, -0.2) is 41.9 Å². The number of rotatable bonds is 1. The van der Waals surface area contributed by atoms with Crippen molar-refractivity contribution in [1.82, 2.24) is 15.5 Å². The van der Waals surface area contributed by atoms with E-state index in [4.69, 9.17) is 0 Å². The first-order valence-electron chi connectivity index (χ1n) is 5.56. The van der Waals surface area contributed by atoms with Crippen molar-refractivity contribution >= 4 is 17.8 Å². The van der Waals surface area contributed by atoms with Gasteiger partial charge in [0.25, 0.3) is 0 Å². The van der Waals surface area contributed by atoms with Crippen LogP contribution in [0.5, 0.6) is 0 Å². The van der Waals surface area contributed by atoms with Gasteiger partial charge in [-0.1, -0.05) is 0 Å². The molecule has 2 saturated heterocycles. The van der Waals surface area contributed by atoms with Gasteiger partial charge < -0.3 is 10.2 Å². The maximum atomic E-state index is 12.0. The highest BCUT2D eigenvalue weighted by molar-refractivity contribution is 6.02. The summed E-state index contributed by atoms with van der Waals surface area (Å²) < 4.78 is 0. The van der Waals surface area contributed by atoms with Crippen LogP contribution in [0.2, 0.25) is 0 Å². The number of hydrogen-bond acceptors (Lipinski definition) is 3. The van der Waals surface area contributed by atoms with E-state index in [0.717, 1.165) is 32.4 Å². The van der Waals surface area contributed by atoms with Gasteiger partial charge in [-0.2, -0.15) is 0 Å². The molecule has 0 aromatic heterocycles. The molecule has 88 valence electrons. The number of urea groups is 1. The Balaban J connectivity index is 1.97. The summed E-state index contributed by atoms with van der Waals surface area (Å²) in [6.45, 7) is 1.46. The molecule has 6 heteroatoms. The number of carbonyl (C=O) groups is 3. The van der Waals surface area contributed by atoms with E-state index >= 15 is 0 Å². The Labute approximate surface area is 93.4 Å². The average Bonchev–Trinajstić information content (AvgIpc) is 2.28. The Hall–Kier alpha value is -1.59. The Morgan fingerprint density at radius 3 is 2.50 bits per heavy atom. The van der Waals surface area contributed by atoms with Crippen molar-refractivity contribution in [2.75, 3.05) is 13.1 Å². The van der Waals surface area contributed by atoms with Crippen molar-refractivity contribution in [2.45, 2.75) is 31.7 Å². The number of likely N-dealkylation sites (tertiary alicyclic amines) is 1. The van der Waals surface area contributed by atoms with E-state index in [1.165, 1.54) is 0 Å². The molecule has 0 bridgehead atoms. The van der Waals surface area contributed by atoms with Gasteiger partial charge in [-0.15, -0.1) is 0 Å². The molecule has 0 saturated carbocycles. The zero-order valence-electron chi connectivity index (χ0n) is 8.99. The summed E-state index contributed by atoms with van der Waals surface area (Å²) in [5.41, 5.74) is 0. The molecule has 2 rings (SSSR count). The first kappa shape index (κ1) is 10.9. The molecule has 1 atom stereocenters. The molecule has 16 heavy (non-hydrogen) atoms. The fourth-order valence-electron chi connectivity index (χ4n) is 2.09. The lowest BCUT2D eigenvalue weighted by Gasteiger charge is -2.31. The van der Waals surface area contributed by atoms with E-state index in [-0.39, 0.29) is 18.2 Å². The van der Waals surface area contributed by atoms with E-state index in [1.807, 2.05) is 0 Å². The Bertz CT molecular complexity index is 307. The van der Waals surface area contributed by atoms with Gasteiger partial charge in [-0.05, 0) is 19.3 Å². The molecule has 0 aromatic rings. The molecule has 2 heterocycles. The predicted octanol–water partition coefficient (Wildman–Crippen LogP) is -0.403. The predicted molar refractivity (Wildman–Crippen MR) is 55.5 cm³/mol. The van der Waals surface area contributed by atoms with Crippen LogP contribution < -0.4 is 10.6 Å². The van der Waals surface area contributed by atoms with Crippen LogP contribution in [0.15, 0.2) is 0 Å². The van der Waals surface area contributed by atoms with Crippen molar-refractivity contribution in [3.63, 3.8) is 0 Å². The van der Waals surface area contributed by atoms with Gasteiger partial charge in [0, 0.05) is 13.1 Å². The van der Waals surface area contributed by atoms with E-state index < -0.39 is 12.1 Å². The number of carbonyl (C=O) groups excluding carboxylic acids is 3. The smallest absolute Gasteiger partial charge is 0.322 e. The largest absolute Gasteiger partial charge is 0.341 e. The van der Waals surface area contributed by atoms with Crippen LogP contribution in [-0.2, 0) is 9.59 Å². The third-order valence-corrected chi connectivity index (χ3v) is 2.91. The molecule has 0 spiro atoms. The third-order valence-electron chi connectivity index (χ3n) is 2.91. The summed E-state index contributed by atoms with van der Waals surface area (Å²) >= 11 is 0. The SMILES string of the molecule is O=C1CC(C(=O)N2CCCCC2)NC(=O)N1. The van der Waals surface area contributed by atoms with Gasteiger partial charge in [0.2, 0.25) is 11.8 Å². The van der Waals surface area contributed by atoms with Gasteiger partial charge in [0.1, 0.15) is 6.04 Å². The maximum Gasteiger partial charge on any atom is 0.322 e. The molecule has 2 aliphatic rings. The molecule has 2 fully saturated rings. The van der Waals surface area contributed by atoms with E-state index in [1.54, 1.807) is 4.90 Å². The molecule has 6 nitrogen and oxygen atoms in total. The summed E-state index contributed by atoms with van der Waals surface area (Å²) in [4.78, 5) is 35.9. The van der Waals surface area contributed by atoms with Crippen molar-refractivity contribution in [2.24, 2.45) is 0 Å². The summed E-state index contributed by atoms with van der Waals surface area (Å²) in [5.74, 6) is -0.526. The number of amides is 4. The lowest BCUT2D eigenvalue weighted by molar-refractivity contribution is -0.137. The first-order valence-corrected chi connectivity index (χ1v) is 5.56. The highest BCUT2D eigenvalue weighted by Crippen LogP contribution is 2.12. The third kappa shape index (κ3) is 2.32. The van der Waals surface area contributed by atoms with Crippen LogP contribution in [0.4, 0.5) is 4.79 Å². The second kappa shape index (κ2) is 4.51. The van der Waals surface area contributed by atoms with Gasteiger partial charge in [0.15, 0.2) is 0 Å². The van der Waals surface area contributed by atoms with E-state index in [9.17, 15) is 14.4 Å². The standard InChI is InChI=1S/C10H15N3O3/c14-8-6-7(11-10(16)12-8)9(15)13-4-2-1-3-5-13/h7H,1-6H2,(H2,11,12,14,16). The fraction of sp³-hybridized carbons (Fsp3) is 0.700. The van der Waals surface area contributed by atoms with Crippen LogP contribution in [0.3, 0.4) is 0 Å². The molecule has 4 amide bonds. The van der Waals surface area contributed by atoms with Crippen molar-refractivity contribution in [3.8, 4) is 0 Å². The second-order valence-electron chi connectivity index (χ2n) is 4.16. The van der Waals surface area contributed by atoms with Crippen LogP contribution in [0, 0.1) is 0 Å². The number of piperidine rings is 1. The highest BCUT2D eigenvalue weighted by atomic mass is 16.2. The number of nitrogens with zero attached hydrogens (tertiary/aromatic N) is 1. The summed E-state index contributed by atoms with van der Waals surface area (Å²) in [5, 5.41) is 4.59. The minimum absolute atomic E-state index is 0.0427. The molecule has 0 radical (unpaired) electrons. The van der Waals surface area contributed by atoms with Gasteiger partial charge in [-0.3, -0.25) is 14.9 Å². The first-order chi connectivity index (χ1) is 7.66. The van der Waals surface area contributed by atoms with Gasteiger partial charge in [-0.25, -0.2) is 4.79 Å². The van der Waals surface area contributed by atoms with Gasteiger partial charge in [0.05, 0.1) is 6.42 Å². The Morgan fingerprint density at radius 1 is 1.19 bits per heavy atom. The number of imide groups is 1. The molecular weight excluding hydrogens is 210 g/mol. The molecular formula is C10H15N3O3. The van der Waals surface area contributed by atoms with Crippen molar-refractivity contribution in [3.05, 3.63) is 0 Å². The number of nitrogens with one attached hydrogen (secondary N) is 2. The quantitative estimate of drug-likeness (QED) is 0.637. The Morgan fingerprint density at radius 2 is 1.88 bits per heavy atom. The van der Waals surface area contributed by atoms with Crippen LogP contribution in [0.25, 0.3) is 0 Å². The van der Waals surface area contributed by atoms with Gasteiger partial charge >= 0.3 is 6.03 Å². The van der Waals surface area contributed by atoms with Crippen LogP contribution in [0.1, 0.15) is 25.7 Å². The summed E-state index contributed by atoms with van der Waals surface area (Å²) in [6, 6.07) is -1.26. The fourth-order valence-corrected chi connectivity index (χ4v) is 2.09. The normalized spacial score (nSPS) is 26.0. The molecule has 2 N–H and O–H groups in total. The highest BCUT2D eigenvalue weighted by Gasteiger charge is 2.32. The molecule has 1 unspecified atom stereocenters.